The van der Waals surface area contributed by atoms with Crippen LogP contribution in [0.25, 0.3) is 11.5 Å². The largest absolute Gasteiger partial charge is 0.481 e. The zero-order valence-corrected chi connectivity index (χ0v) is 15.6. The van der Waals surface area contributed by atoms with Crippen LogP contribution < -0.4 is 10.6 Å². The quantitative estimate of drug-likeness (QED) is 0.592. The number of furan rings is 1. The number of amides is 1. The lowest BCUT2D eigenvalue weighted by Crippen LogP contribution is -2.44. The highest BCUT2D eigenvalue weighted by Crippen LogP contribution is 2.29. The Hall–Kier alpha value is -2.98. The molecule has 0 aromatic carbocycles. The maximum Gasteiger partial charge on any atom is 0.303 e. The lowest BCUT2D eigenvalue weighted by atomic mass is 10.1. The van der Waals surface area contributed by atoms with Gasteiger partial charge in [-0.1, -0.05) is 0 Å². The molecular formula is C19H22N4O6. The van der Waals surface area contributed by atoms with Crippen molar-refractivity contribution in [3.63, 3.8) is 0 Å². The van der Waals surface area contributed by atoms with Gasteiger partial charge in [-0.3, -0.25) is 9.59 Å². The van der Waals surface area contributed by atoms with Crippen molar-refractivity contribution in [3.05, 3.63) is 30.7 Å². The predicted octanol–water partition coefficient (Wildman–Crippen LogP) is 1.05. The predicted molar refractivity (Wildman–Crippen MR) is 100 cm³/mol. The number of fused-ring (bicyclic) bond motifs is 1. The molecule has 0 bridgehead atoms. The van der Waals surface area contributed by atoms with E-state index in [1.54, 1.807) is 24.6 Å². The van der Waals surface area contributed by atoms with Crippen LogP contribution in [0, 0.1) is 0 Å². The molecule has 4 rings (SSSR count). The number of aliphatic carboxylic acids is 1. The molecule has 0 unspecified atom stereocenters. The average molecular weight is 402 g/mol. The Morgan fingerprint density at radius 1 is 1.14 bits per heavy atom. The first-order chi connectivity index (χ1) is 14.1. The maximum atomic E-state index is 12.0. The van der Waals surface area contributed by atoms with E-state index in [0.717, 1.165) is 0 Å². The molecule has 0 aliphatic carbocycles. The topological polar surface area (TPSA) is 136 Å². The number of hydrogen-bond donors (Lipinski definition) is 3. The lowest BCUT2D eigenvalue weighted by molar-refractivity contribution is -0.137. The Kier molecular flexibility index (Phi) is 5.72. The summed E-state index contributed by atoms with van der Waals surface area (Å²) in [6, 6.07) is 4.97. The number of carbonyl (C=O) groups excluding carboxylic acids is 1. The number of carbonyl (C=O) groups is 2. The van der Waals surface area contributed by atoms with E-state index in [2.05, 4.69) is 20.6 Å². The number of nitrogens with one attached hydrogen (secondary N) is 2. The van der Waals surface area contributed by atoms with Gasteiger partial charge < -0.3 is 29.6 Å². The molecule has 10 heteroatoms. The van der Waals surface area contributed by atoms with Gasteiger partial charge in [0.2, 0.25) is 11.9 Å². The van der Waals surface area contributed by atoms with Gasteiger partial charge in [0.1, 0.15) is 17.9 Å². The zero-order chi connectivity index (χ0) is 20.2. The Bertz CT molecular complexity index is 858. The van der Waals surface area contributed by atoms with Crippen molar-refractivity contribution >= 4 is 17.8 Å². The fraction of sp³-hybridized carbons (Fsp3) is 0.474. The highest BCUT2D eigenvalue weighted by atomic mass is 16.6. The number of ether oxygens (including phenoxy) is 2. The fourth-order valence-electron chi connectivity index (χ4n) is 3.58. The number of aromatic nitrogens is 2. The van der Waals surface area contributed by atoms with Gasteiger partial charge in [-0.05, 0) is 24.6 Å². The van der Waals surface area contributed by atoms with E-state index in [9.17, 15) is 9.59 Å². The number of rotatable bonds is 8. The van der Waals surface area contributed by atoms with E-state index >= 15 is 0 Å². The summed E-state index contributed by atoms with van der Waals surface area (Å²) < 4.78 is 17.1. The molecule has 2 saturated heterocycles. The smallest absolute Gasteiger partial charge is 0.303 e. The minimum Gasteiger partial charge on any atom is -0.481 e. The number of hydrogen-bond acceptors (Lipinski definition) is 8. The van der Waals surface area contributed by atoms with Gasteiger partial charge in [0.25, 0.3) is 0 Å². The summed E-state index contributed by atoms with van der Waals surface area (Å²) in [4.78, 5) is 31.3. The van der Waals surface area contributed by atoms with E-state index in [4.69, 9.17) is 19.0 Å². The van der Waals surface area contributed by atoms with Gasteiger partial charge in [0.05, 0.1) is 31.6 Å². The monoisotopic (exact) mass is 402 g/mol. The molecule has 29 heavy (non-hydrogen) atoms. The summed E-state index contributed by atoms with van der Waals surface area (Å²) >= 11 is 0. The van der Waals surface area contributed by atoms with E-state index < -0.39 is 5.97 Å². The molecule has 4 heterocycles. The average Bonchev–Trinajstić information content (AvgIpc) is 3.42. The van der Waals surface area contributed by atoms with Crippen LogP contribution in [-0.4, -0.2) is 64.5 Å². The SMILES string of the molecule is O=C(O)CCCC(=O)N[C@H]1CO[C@H]2[C@H]1OC[C@H]2Nc1nccc(-c2ccco2)n1. The van der Waals surface area contributed by atoms with Crippen LogP contribution in [0.1, 0.15) is 19.3 Å². The van der Waals surface area contributed by atoms with Crippen LogP contribution in [0.15, 0.2) is 35.1 Å². The first-order valence-electron chi connectivity index (χ1n) is 9.48. The van der Waals surface area contributed by atoms with Crippen LogP contribution in [-0.2, 0) is 19.1 Å². The Balaban J connectivity index is 1.32. The minimum absolute atomic E-state index is 0.0276. The summed E-state index contributed by atoms with van der Waals surface area (Å²) in [6.07, 6.45) is 3.16. The van der Waals surface area contributed by atoms with Crippen molar-refractivity contribution in [3.8, 4) is 11.5 Å². The number of anilines is 1. The summed E-state index contributed by atoms with van der Waals surface area (Å²) in [5, 5.41) is 14.8. The van der Waals surface area contributed by atoms with Crippen LogP contribution >= 0.6 is 0 Å². The molecule has 2 aromatic heterocycles. The Morgan fingerprint density at radius 3 is 2.69 bits per heavy atom. The first kappa shape index (κ1) is 19.3. The van der Waals surface area contributed by atoms with Crippen LogP contribution in [0.5, 0.6) is 0 Å². The van der Waals surface area contributed by atoms with Crippen LogP contribution in [0.4, 0.5) is 5.95 Å². The van der Waals surface area contributed by atoms with Crippen molar-refractivity contribution in [1.29, 1.82) is 0 Å². The van der Waals surface area contributed by atoms with Crippen molar-refractivity contribution in [1.82, 2.24) is 15.3 Å². The second-order valence-corrected chi connectivity index (χ2v) is 7.01. The number of nitrogens with zero attached hydrogens (tertiary/aromatic N) is 2. The van der Waals surface area contributed by atoms with Crippen molar-refractivity contribution in [2.45, 2.75) is 43.6 Å². The maximum absolute atomic E-state index is 12.0. The highest BCUT2D eigenvalue weighted by molar-refractivity contribution is 5.77. The fourth-order valence-corrected chi connectivity index (χ4v) is 3.58. The molecule has 2 aliphatic heterocycles. The van der Waals surface area contributed by atoms with E-state index in [1.165, 1.54) is 0 Å². The van der Waals surface area contributed by atoms with E-state index in [0.29, 0.717) is 37.0 Å². The lowest BCUT2D eigenvalue weighted by Gasteiger charge is -2.18. The van der Waals surface area contributed by atoms with Crippen LogP contribution in [0.3, 0.4) is 0 Å². The van der Waals surface area contributed by atoms with E-state index in [1.807, 2.05) is 6.07 Å². The molecule has 4 atom stereocenters. The third-order valence-electron chi connectivity index (χ3n) is 4.94. The molecule has 3 N–H and O–H groups in total. The zero-order valence-electron chi connectivity index (χ0n) is 15.6. The van der Waals surface area contributed by atoms with Crippen LogP contribution in [0.2, 0.25) is 0 Å². The van der Waals surface area contributed by atoms with Crippen molar-refractivity contribution in [2.24, 2.45) is 0 Å². The first-order valence-corrected chi connectivity index (χ1v) is 9.48. The third kappa shape index (κ3) is 4.54. The standard InChI is InChI=1S/C19H22N4O6/c24-15(4-1-5-16(25)26)21-12-9-28-18-13(10-29-17(12)18)23-19-20-7-6-11(22-19)14-3-2-8-27-14/h2-3,6-8,12-13,17-18H,1,4-5,9-10H2,(H,21,24)(H,25,26)(H,20,22,23)/t12-,13+,17-,18+/m0/s1. The molecule has 0 saturated carbocycles. The van der Waals surface area contributed by atoms with Gasteiger partial charge in [0, 0.05) is 19.0 Å². The Labute approximate surface area is 166 Å². The number of carboxylic acids is 1. The molecule has 0 radical (unpaired) electrons. The van der Waals surface area contributed by atoms with Gasteiger partial charge in [-0.25, -0.2) is 9.97 Å². The normalized spacial score (nSPS) is 25.5. The Morgan fingerprint density at radius 2 is 1.93 bits per heavy atom. The third-order valence-corrected chi connectivity index (χ3v) is 4.94. The van der Waals surface area contributed by atoms with E-state index in [-0.39, 0.29) is 43.0 Å². The molecule has 154 valence electrons. The van der Waals surface area contributed by atoms with Crippen molar-refractivity contribution < 1.29 is 28.6 Å². The molecule has 0 spiro atoms. The highest BCUT2D eigenvalue weighted by Gasteiger charge is 2.48. The molecule has 2 fully saturated rings. The molecule has 10 nitrogen and oxygen atoms in total. The summed E-state index contributed by atoms with van der Waals surface area (Å²) in [5.41, 5.74) is 0.668. The second kappa shape index (κ2) is 8.58. The molecule has 2 aliphatic rings. The van der Waals surface area contributed by atoms with Gasteiger partial charge in [-0.15, -0.1) is 0 Å². The van der Waals surface area contributed by atoms with Gasteiger partial charge in [-0.2, -0.15) is 0 Å². The van der Waals surface area contributed by atoms with Gasteiger partial charge >= 0.3 is 5.97 Å². The second-order valence-electron chi connectivity index (χ2n) is 7.01. The molecular weight excluding hydrogens is 380 g/mol. The minimum atomic E-state index is -0.909. The summed E-state index contributed by atoms with van der Waals surface area (Å²) in [6.45, 7) is 0.737. The summed E-state index contributed by atoms with van der Waals surface area (Å²) in [5.74, 6) is -0.0138. The summed E-state index contributed by atoms with van der Waals surface area (Å²) in [7, 11) is 0. The molecule has 2 aromatic rings. The number of carboxylic acid groups (broad SMARTS) is 1. The van der Waals surface area contributed by atoms with Gasteiger partial charge in [0.15, 0.2) is 5.76 Å². The molecule has 1 amide bonds. The van der Waals surface area contributed by atoms with Crippen molar-refractivity contribution in [2.75, 3.05) is 18.5 Å².